The molecule has 1 heterocycles. The molecule has 1 amide bonds. The van der Waals surface area contributed by atoms with Crippen molar-refractivity contribution >= 4 is 5.91 Å². The number of carbonyl (C=O) groups is 1. The molecule has 0 aromatic heterocycles. The first-order valence-electron chi connectivity index (χ1n) is 4.82. The number of allylic oxidation sites excluding steroid dienone is 1. The highest BCUT2D eigenvalue weighted by molar-refractivity contribution is 5.76. The molecule has 0 spiro atoms. The van der Waals surface area contributed by atoms with Gasteiger partial charge in [-0.25, -0.2) is 0 Å². The molecule has 0 aliphatic carbocycles. The minimum Gasteiger partial charge on any atom is -0.344 e. The molecule has 0 bridgehead atoms. The second-order valence-electron chi connectivity index (χ2n) is 3.49. The summed E-state index contributed by atoms with van der Waals surface area (Å²) >= 11 is 0. The summed E-state index contributed by atoms with van der Waals surface area (Å²) < 4.78 is 0. The van der Waals surface area contributed by atoms with E-state index in [0.29, 0.717) is 12.5 Å². The predicted octanol–water partition coefficient (Wildman–Crippen LogP) is 0.773. The highest BCUT2D eigenvalue weighted by Gasteiger charge is 2.21. The molecule has 1 aliphatic heterocycles. The zero-order chi connectivity index (χ0) is 9.68. The molecule has 0 saturated carbocycles. The van der Waals surface area contributed by atoms with Gasteiger partial charge < -0.3 is 10.2 Å². The molecular formula is C10H18N2O. The van der Waals surface area contributed by atoms with Crippen LogP contribution >= 0.6 is 0 Å². The van der Waals surface area contributed by atoms with Gasteiger partial charge in [-0.2, -0.15) is 0 Å². The van der Waals surface area contributed by atoms with Crippen LogP contribution < -0.4 is 5.32 Å². The minimum absolute atomic E-state index is 0.268. The number of likely N-dealkylation sites (N-methyl/N-ethyl adjacent to an activating group) is 1. The van der Waals surface area contributed by atoms with Crippen LogP contribution in [0.1, 0.15) is 19.8 Å². The monoisotopic (exact) mass is 182 g/mol. The van der Waals surface area contributed by atoms with Gasteiger partial charge in [0.15, 0.2) is 0 Å². The molecule has 0 aromatic rings. The summed E-state index contributed by atoms with van der Waals surface area (Å²) in [6.45, 7) is 3.76. The van der Waals surface area contributed by atoms with E-state index >= 15 is 0 Å². The summed E-state index contributed by atoms with van der Waals surface area (Å²) in [5.41, 5.74) is 0. The standard InChI is InChI=1S/C10H18N2O/c1-3-4-7-11-9-5-6-10(13)12(2)8-9/h3-4,9,11H,5-8H2,1-2H3/b4-3+. The summed E-state index contributed by atoms with van der Waals surface area (Å²) in [5.74, 6) is 0.268. The van der Waals surface area contributed by atoms with Gasteiger partial charge >= 0.3 is 0 Å². The molecule has 1 fully saturated rings. The Balaban J connectivity index is 2.25. The van der Waals surface area contributed by atoms with Gasteiger partial charge in [0.25, 0.3) is 0 Å². The number of hydrogen-bond donors (Lipinski definition) is 1. The van der Waals surface area contributed by atoms with Crippen LogP contribution in [0.3, 0.4) is 0 Å². The molecule has 3 heteroatoms. The number of nitrogens with zero attached hydrogens (tertiary/aromatic N) is 1. The molecule has 1 aliphatic rings. The lowest BCUT2D eigenvalue weighted by Crippen LogP contribution is -2.46. The lowest BCUT2D eigenvalue weighted by Gasteiger charge is -2.29. The summed E-state index contributed by atoms with van der Waals surface area (Å²) in [4.78, 5) is 13.0. The Morgan fingerprint density at radius 3 is 3.08 bits per heavy atom. The number of rotatable bonds is 3. The Bertz CT molecular complexity index is 201. The molecule has 1 rings (SSSR count). The smallest absolute Gasteiger partial charge is 0.222 e. The van der Waals surface area contributed by atoms with Crippen LogP contribution in [0.25, 0.3) is 0 Å². The average Bonchev–Trinajstić information content (AvgIpc) is 2.12. The summed E-state index contributed by atoms with van der Waals surface area (Å²) in [6, 6.07) is 0.471. The van der Waals surface area contributed by atoms with E-state index in [1.807, 2.05) is 20.0 Å². The van der Waals surface area contributed by atoms with Crippen LogP contribution in [0.4, 0.5) is 0 Å². The quantitative estimate of drug-likeness (QED) is 0.654. The largest absolute Gasteiger partial charge is 0.344 e. The Morgan fingerprint density at radius 2 is 2.46 bits per heavy atom. The lowest BCUT2D eigenvalue weighted by molar-refractivity contribution is -0.132. The van der Waals surface area contributed by atoms with E-state index in [2.05, 4.69) is 11.4 Å². The van der Waals surface area contributed by atoms with Gasteiger partial charge in [-0.1, -0.05) is 12.2 Å². The van der Waals surface area contributed by atoms with Gasteiger partial charge in [-0.05, 0) is 13.3 Å². The van der Waals surface area contributed by atoms with E-state index in [1.54, 1.807) is 4.90 Å². The maximum Gasteiger partial charge on any atom is 0.222 e. The fraction of sp³-hybridized carbons (Fsp3) is 0.700. The van der Waals surface area contributed by atoms with Crippen molar-refractivity contribution in [1.82, 2.24) is 10.2 Å². The maximum absolute atomic E-state index is 11.2. The highest BCUT2D eigenvalue weighted by Crippen LogP contribution is 2.08. The van der Waals surface area contributed by atoms with Gasteiger partial charge in [0.1, 0.15) is 0 Å². The van der Waals surface area contributed by atoms with Crippen LogP contribution in [0.2, 0.25) is 0 Å². The first-order chi connectivity index (χ1) is 6.24. The SMILES string of the molecule is C/C=C/CNC1CCC(=O)N(C)C1. The Morgan fingerprint density at radius 1 is 1.69 bits per heavy atom. The van der Waals surface area contributed by atoms with Crippen molar-refractivity contribution < 1.29 is 4.79 Å². The van der Waals surface area contributed by atoms with E-state index in [-0.39, 0.29) is 5.91 Å². The minimum atomic E-state index is 0.268. The van der Waals surface area contributed by atoms with E-state index in [9.17, 15) is 4.79 Å². The van der Waals surface area contributed by atoms with E-state index in [1.165, 1.54) is 0 Å². The molecule has 1 unspecified atom stereocenters. The molecule has 0 radical (unpaired) electrons. The number of piperidine rings is 1. The molecule has 74 valence electrons. The van der Waals surface area contributed by atoms with Gasteiger partial charge in [0.05, 0.1) is 0 Å². The molecule has 3 nitrogen and oxygen atoms in total. The Labute approximate surface area is 79.8 Å². The third-order valence-electron chi connectivity index (χ3n) is 2.39. The van der Waals surface area contributed by atoms with Crippen molar-refractivity contribution in [3.8, 4) is 0 Å². The topological polar surface area (TPSA) is 32.3 Å². The Hall–Kier alpha value is -0.830. The fourth-order valence-electron chi connectivity index (χ4n) is 1.53. The molecule has 0 aromatic carbocycles. The van der Waals surface area contributed by atoms with Crippen LogP contribution in [-0.4, -0.2) is 37.0 Å². The highest BCUT2D eigenvalue weighted by atomic mass is 16.2. The number of likely N-dealkylation sites (tertiary alicyclic amines) is 1. The van der Waals surface area contributed by atoms with Crippen LogP contribution in [0.5, 0.6) is 0 Å². The van der Waals surface area contributed by atoms with Crippen molar-refractivity contribution in [1.29, 1.82) is 0 Å². The first-order valence-corrected chi connectivity index (χ1v) is 4.82. The Kier molecular flexibility index (Phi) is 3.96. The van der Waals surface area contributed by atoms with Crippen LogP contribution in [0.15, 0.2) is 12.2 Å². The van der Waals surface area contributed by atoms with Crippen molar-refractivity contribution in [2.45, 2.75) is 25.8 Å². The van der Waals surface area contributed by atoms with Gasteiger partial charge in [-0.3, -0.25) is 4.79 Å². The summed E-state index contributed by atoms with van der Waals surface area (Å²) in [6.07, 6.45) is 5.78. The van der Waals surface area contributed by atoms with Gasteiger partial charge in [0, 0.05) is 32.6 Å². The number of nitrogens with one attached hydrogen (secondary N) is 1. The van der Waals surface area contributed by atoms with Crippen molar-refractivity contribution in [2.75, 3.05) is 20.1 Å². The van der Waals surface area contributed by atoms with Crippen LogP contribution in [-0.2, 0) is 4.79 Å². The fourth-order valence-corrected chi connectivity index (χ4v) is 1.53. The zero-order valence-electron chi connectivity index (χ0n) is 8.42. The van der Waals surface area contributed by atoms with Gasteiger partial charge in [0.2, 0.25) is 5.91 Å². The normalized spacial score (nSPS) is 24.3. The van der Waals surface area contributed by atoms with E-state index < -0.39 is 0 Å². The molecular weight excluding hydrogens is 164 g/mol. The second-order valence-corrected chi connectivity index (χ2v) is 3.49. The van der Waals surface area contributed by atoms with Gasteiger partial charge in [-0.15, -0.1) is 0 Å². The molecule has 1 atom stereocenters. The van der Waals surface area contributed by atoms with Crippen LogP contribution in [0, 0.1) is 0 Å². The lowest BCUT2D eigenvalue weighted by atomic mass is 10.1. The molecule has 13 heavy (non-hydrogen) atoms. The summed E-state index contributed by atoms with van der Waals surface area (Å²) in [7, 11) is 1.87. The number of amides is 1. The third-order valence-corrected chi connectivity index (χ3v) is 2.39. The molecule has 1 N–H and O–H groups in total. The third kappa shape index (κ3) is 3.19. The number of hydrogen-bond acceptors (Lipinski definition) is 2. The summed E-state index contributed by atoms with van der Waals surface area (Å²) in [5, 5.41) is 3.39. The number of carbonyl (C=O) groups excluding carboxylic acids is 1. The van der Waals surface area contributed by atoms with E-state index in [4.69, 9.17) is 0 Å². The van der Waals surface area contributed by atoms with Crippen molar-refractivity contribution in [3.63, 3.8) is 0 Å². The van der Waals surface area contributed by atoms with E-state index in [0.717, 1.165) is 19.5 Å². The second kappa shape index (κ2) is 5.02. The van der Waals surface area contributed by atoms with Crippen molar-refractivity contribution in [2.24, 2.45) is 0 Å². The molecule has 1 saturated heterocycles. The first kappa shape index (κ1) is 10.3. The predicted molar refractivity (Wildman–Crippen MR) is 53.5 cm³/mol. The maximum atomic E-state index is 11.2. The van der Waals surface area contributed by atoms with Crippen molar-refractivity contribution in [3.05, 3.63) is 12.2 Å². The average molecular weight is 182 g/mol. The zero-order valence-corrected chi connectivity index (χ0v) is 8.42.